The van der Waals surface area contributed by atoms with Crippen LogP contribution in [-0.4, -0.2) is 72.9 Å². The highest BCUT2D eigenvalue weighted by atomic mass is 32.2. The molecule has 2 aliphatic heterocycles. The van der Waals surface area contributed by atoms with Gasteiger partial charge < -0.3 is 21.7 Å². The lowest BCUT2D eigenvalue weighted by atomic mass is 10.1. The number of carbonyl (C=O) groups excluding carboxylic acids is 2. The zero-order chi connectivity index (χ0) is 25.0. The monoisotopic (exact) mass is 519 g/mol. The Morgan fingerprint density at radius 2 is 2.03 bits per heavy atom. The van der Waals surface area contributed by atoms with Gasteiger partial charge in [-0.1, -0.05) is 11.8 Å². The largest absolute Gasteiger partial charge is 0.351 e. The summed E-state index contributed by atoms with van der Waals surface area (Å²) >= 11 is 1.19. The second kappa shape index (κ2) is 10.8. The molecule has 11 nitrogen and oxygen atoms in total. The molecular weight excluding hydrogens is 490 g/mol. The fourth-order valence-electron chi connectivity index (χ4n) is 4.25. The standard InChI is InChI=1S/C22H29N7O4S2/c1-35(32,33)28-9-6-17(7-10-28)29-14-15(12-25-29)4-5-18-11-19(27-22(23)31)20(34-18)21(30)26-16-3-2-8-24-13-16/h11-12,14,16-17,24H,2-3,6-10,13H2,1H3,(H,26,30)(H3,23,27,31). The van der Waals surface area contributed by atoms with Crippen LogP contribution in [0.4, 0.5) is 10.5 Å². The van der Waals surface area contributed by atoms with Crippen LogP contribution in [0.5, 0.6) is 0 Å². The van der Waals surface area contributed by atoms with E-state index >= 15 is 0 Å². The van der Waals surface area contributed by atoms with Crippen molar-refractivity contribution in [2.75, 3.05) is 37.8 Å². The van der Waals surface area contributed by atoms with Gasteiger partial charge in [-0.3, -0.25) is 9.48 Å². The summed E-state index contributed by atoms with van der Waals surface area (Å²) in [7, 11) is -3.17. The third-order valence-electron chi connectivity index (χ3n) is 6.03. The summed E-state index contributed by atoms with van der Waals surface area (Å²) in [5.74, 6) is 5.82. The second-order valence-corrected chi connectivity index (χ2v) is 11.7. The summed E-state index contributed by atoms with van der Waals surface area (Å²) in [6.07, 6.45) is 7.98. The molecule has 188 valence electrons. The molecule has 1 unspecified atom stereocenters. The number of hydrogen-bond donors (Lipinski definition) is 4. The van der Waals surface area contributed by atoms with Crippen molar-refractivity contribution in [1.29, 1.82) is 0 Å². The molecule has 0 aromatic carbocycles. The highest BCUT2D eigenvalue weighted by Crippen LogP contribution is 2.27. The SMILES string of the molecule is CS(=O)(=O)N1CCC(n2cc(C#Cc3cc(NC(N)=O)c(C(=O)NC4CCCNC4)s3)cn2)CC1. The van der Waals surface area contributed by atoms with E-state index in [2.05, 4.69) is 32.9 Å². The topological polar surface area (TPSA) is 151 Å². The van der Waals surface area contributed by atoms with E-state index in [-0.39, 0.29) is 18.0 Å². The molecule has 0 aliphatic carbocycles. The van der Waals surface area contributed by atoms with E-state index in [1.807, 2.05) is 10.9 Å². The Balaban J connectivity index is 1.45. The predicted molar refractivity (Wildman–Crippen MR) is 134 cm³/mol. The highest BCUT2D eigenvalue weighted by Gasteiger charge is 2.26. The van der Waals surface area contributed by atoms with Crippen LogP contribution >= 0.6 is 11.3 Å². The fraction of sp³-hybridized carbons (Fsp3) is 0.500. The van der Waals surface area contributed by atoms with E-state index in [9.17, 15) is 18.0 Å². The molecule has 3 amide bonds. The number of thiophene rings is 1. The Kier molecular flexibility index (Phi) is 7.75. The number of aromatic nitrogens is 2. The molecule has 13 heteroatoms. The first kappa shape index (κ1) is 25.2. The maximum Gasteiger partial charge on any atom is 0.316 e. The third-order valence-corrected chi connectivity index (χ3v) is 8.38. The number of nitrogens with zero attached hydrogens (tertiary/aromatic N) is 3. The summed E-state index contributed by atoms with van der Waals surface area (Å²) in [6.45, 7) is 2.59. The van der Waals surface area contributed by atoms with Crippen molar-refractivity contribution in [2.45, 2.75) is 37.8 Å². The molecule has 35 heavy (non-hydrogen) atoms. The summed E-state index contributed by atoms with van der Waals surface area (Å²) in [5.41, 5.74) is 6.32. The quantitative estimate of drug-likeness (QED) is 0.431. The number of amides is 3. The van der Waals surface area contributed by atoms with Gasteiger partial charge in [-0.25, -0.2) is 17.5 Å². The van der Waals surface area contributed by atoms with Crippen molar-refractivity contribution in [3.63, 3.8) is 0 Å². The van der Waals surface area contributed by atoms with Crippen LogP contribution < -0.4 is 21.7 Å². The molecule has 2 saturated heterocycles. The number of sulfonamides is 1. The van der Waals surface area contributed by atoms with E-state index in [4.69, 9.17) is 5.73 Å². The van der Waals surface area contributed by atoms with Gasteiger partial charge >= 0.3 is 6.03 Å². The van der Waals surface area contributed by atoms with Gasteiger partial charge in [0.25, 0.3) is 5.91 Å². The van der Waals surface area contributed by atoms with Gasteiger partial charge in [0.2, 0.25) is 10.0 Å². The number of anilines is 1. The zero-order valence-electron chi connectivity index (χ0n) is 19.4. The van der Waals surface area contributed by atoms with E-state index < -0.39 is 16.1 Å². The second-order valence-electron chi connectivity index (χ2n) is 8.71. The number of urea groups is 1. The predicted octanol–water partition coefficient (Wildman–Crippen LogP) is 0.913. The van der Waals surface area contributed by atoms with Crippen LogP contribution in [0, 0.1) is 11.8 Å². The Morgan fingerprint density at radius 1 is 1.26 bits per heavy atom. The van der Waals surface area contributed by atoms with Crippen molar-refractivity contribution in [2.24, 2.45) is 5.73 Å². The minimum atomic E-state index is -3.17. The Bertz CT molecular complexity index is 1240. The van der Waals surface area contributed by atoms with Crippen LogP contribution in [0.25, 0.3) is 0 Å². The summed E-state index contributed by atoms with van der Waals surface area (Å²) in [6, 6.07) is 1.03. The van der Waals surface area contributed by atoms with E-state index in [1.54, 1.807) is 12.3 Å². The normalized spacial score (nSPS) is 19.5. The first-order valence-electron chi connectivity index (χ1n) is 11.4. The molecule has 0 bridgehead atoms. The number of hydrogen-bond acceptors (Lipinski definition) is 7. The van der Waals surface area contributed by atoms with Crippen molar-refractivity contribution >= 4 is 39.0 Å². The van der Waals surface area contributed by atoms with Crippen LogP contribution in [0.1, 0.15) is 51.8 Å². The molecule has 4 heterocycles. The average molecular weight is 520 g/mol. The van der Waals surface area contributed by atoms with Crippen molar-refractivity contribution in [1.82, 2.24) is 24.7 Å². The highest BCUT2D eigenvalue weighted by molar-refractivity contribution is 7.88. The fourth-order valence-corrected chi connectivity index (χ4v) is 5.99. The van der Waals surface area contributed by atoms with Crippen LogP contribution in [0.2, 0.25) is 0 Å². The number of nitrogens with one attached hydrogen (secondary N) is 3. The minimum Gasteiger partial charge on any atom is -0.351 e. The first-order chi connectivity index (χ1) is 16.7. The first-order valence-corrected chi connectivity index (χ1v) is 14.1. The molecule has 2 aliphatic rings. The Labute approximate surface area is 208 Å². The molecule has 1 atom stereocenters. The lowest BCUT2D eigenvalue weighted by molar-refractivity contribution is 0.0935. The number of primary amides is 1. The van der Waals surface area contributed by atoms with Crippen molar-refractivity contribution in [3.8, 4) is 11.8 Å². The number of nitrogens with two attached hydrogens (primary N) is 1. The molecule has 2 fully saturated rings. The van der Waals surface area contributed by atoms with Crippen molar-refractivity contribution < 1.29 is 18.0 Å². The molecule has 4 rings (SSSR count). The number of rotatable bonds is 5. The summed E-state index contributed by atoms with van der Waals surface area (Å²) in [4.78, 5) is 25.2. The van der Waals surface area contributed by atoms with E-state index in [0.29, 0.717) is 53.5 Å². The Morgan fingerprint density at radius 3 is 2.69 bits per heavy atom. The maximum absolute atomic E-state index is 12.8. The molecule has 5 N–H and O–H groups in total. The molecular formula is C22H29N7O4S2. The smallest absolute Gasteiger partial charge is 0.316 e. The minimum absolute atomic E-state index is 0.0319. The molecule has 2 aromatic heterocycles. The van der Waals surface area contributed by atoms with E-state index in [1.165, 1.54) is 21.9 Å². The van der Waals surface area contributed by atoms with Gasteiger partial charge in [0, 0.05) is 31.9 Å². The lowest BCUT2D eigenvalue weighted by Crippen LogP contribution is -2.45. The number of piperidine rings is 2. The van der Waals surface area contributed by atoms with Gasteiger partial charge in [-0.15, -0.1) is 11.3 Å². The van der Waals surface area contributed by atoms with Crippen LogP contribution in [0.3, 0.4) is 0 Å². The van der Waals surface area contributed by atoms with Gasteiger partial charge in [-0.2, -0.15) is 5.10 Å². The Hall–Kier alpha value is -2.92. The molecule has 2 aromatic rings. The van der Waals surface area contributed by atoms with Gasteiger partial charge in [-0.05, 0) is 38.3 Å². The average Bonchev–Trinajstić information content (AvgIpc) is 3.45. The van der Waals surface area contributed by atoms with Crippen molar-refractivity contribution in [3.05, 3.63) is 33.8 Å². The van der Waals surface area contributed by atoms with Gasteiger partial charge in [0.1, 0.15) is 4.88 Å². The number of carbonyl (C=O) groups is 2. The van der Waals surface area contributed by atoms with E-state index in [0.717, 1.165) is 19.4 Å². The molecule has 0 radical (unpaired) electrons. The third kappa shape index (κ3) is 6.61. The van der Waals surface area contributed by atoms with Gasteiger partial charge in [0.05, 0.1) is 34.6 Å². The van der Waals surface area contributed by atoms with Crippen LogP contribution in [-0.2, 0) is 10.0 Å². The maximum atomic E-state index is 12.8. The van der Waals surface area contributed by atoms with Crippen LogP contribution in [0.15, 0.2) is 18.5 Å². The molecule has 0 saturated carbocycles. The molecule has 0 spiro atoms. The van der Waals surface area contributed by atoms with Gasteiger partial charge in [0.15, 0.2) is 0 Å². The summed E-state index contributed by atoms with van der Waals surface area (Å²) in [5, 5.41) is 13.2. The lowest BCUT2D eigenvalue weighted by Gasteiger charge is -2.30. The zero-order valence-corrected chi connectivity index (χ0v) is 21.0. The summed E-state index contributed by atoms with van der Waals surface area (Å²) < 4.78 is 26.7.